The summed E-state index contributed by atoms with van der Waals surface area (Å²) in [5.74, 6) is 1.01. The molecule has 0 saturated carbocycles. The molecule has 0 aliphatic carbocycles. The number of halogens is 1. The molecule has 0 amide bonds. The van der Waals surface area contributed by atoms with Gasteiger partial charge in [0.25, 0.3) is 0 Å². The molecular weight excluding hydrogens is 210 g/mol. The number of nitrogens with zero attached hydrogens (tertiary/aromatic N) is 1. The largest absolute Gasteiger partial charge is 0.341 e. The summed E-state index contributed by atoms with van der Waals surface area (Å²) in [4.78, 5) is 7.86. The van der Waals surface area contributed by atoms with Gasteiger partial charge in [0, 0.05) is 0 Å². The van der Waals surface area contributed by atoms with Gasteiger partial charge in [0.15, 0.2) is 0 Å². The number of benzene rings is 1. The van der Waals surface area contributed by atoms with Gasteiger partial charge in [-0.1, -0.05) is 17.7 Å². The van der Waals surface area contributed by atoms with Crippen molar-refractivity contribution >= 4 is 22.6 Å². The zero-order valence-corrected chi connectivity index (χ0v) is 9.01. The molecular formula is C11H12ClN3. The van der Waals surface area contributed by atoms with Crippen molar-refractivity contribution in [1.29, 1.82) is 0 Å². The Hall–Kier alpha value is -1.06. The maximum atomic E-state index is 6.07. The molecule has 1 aliphatic heterocycles. The van der Waals surface area contributed by atoms with Crippen molar-refractivity contribution in [3.63, 3.8) is 0 Å². The van der Waals surface area contributed by atoms with Gasteiger partial charge in [-0.3, -0.25) is 0 Å². The number of imidazole rings is 1. The van der Waals surface area contributed by atoms with Crippen LogP contribution in [0.4, 0.5) is 0 Å². The monoisotopic (exact) mass is 221 g/mol. The highest BCUT2D eigenvalue weighted by Crippen LogP contribution is 2.26. The quantitative estimate of drug-likeness (QED) is 0.777. The third-order valence-electron chi connectivity index (χ3n) is 2.87. The fourth-order valence-electron chi connectivity index (χ4n) is 2.10. The molecule has 1 saturated heterocycles. The van der Waals surface area contributed by atoms with Gasteiger partial charge in [0.2, 0.25) is 0 Å². The summed E-state index contributed by atoms with van der Waals surface area (Å²) in [7, 11) is 0. The minimum Gasteiger partial charge on any atom is -0.341 e. The van der Waals surface area contributed by atoms with Crippen LogP contribution in [0.1, 0.15) is 24.7 Å². The summed E-state index contributed by atoms with van der Waals surface area (Å²) in [5.41, 5.74) is 1.90. The summed E-state index contributed by atoms with van der Waals surface area (Å²) in [6, 6.07) is 6.19. The van der Waals surface area contributed by atoms with Gasteiger partial charge in [-0.2, -0.15) is 0 Å². The van der Waals surface area contributed by atoms with Gasteiger partial charge in [-0.05, 0) is 31.5 Å². The summed E-state index contributed by atoms with van der Waals surface area (Å²) >= 11 is 6.07. The van der Waals surface area contributed by atoms with Gasteiger partial charge in [-0.25, -0.2) is 4.98 Å². The van der Waals surface area contributed by atoms with E-state index in [0.29, 0.717) is 11.1 Å². The molecule has 1 atom stereocenters. The molecule has 2 N–H and O–H groups in total. The minimum atomic E-state index is 0.369. The number of hydrogen-bond acceptors (Lipinski definition) is 2. The zero-order chi connectivity index (χ0) is 10.3. The molecule has 0 spiro atoms. The molecule has 1 unspecified atom stereocenters. The molecule has 0 radical (unpaired) electrons. The number of aromatic amines is 1. The highest BCUT2D eigenvalue weighted by molar-refractivity contribution is 6.34. The van der Waals surface area contributed by atoms with E-state index in [1.165, 1.54) is 6.42 Å². The number of rotatable bonds is 1. The molecule has 1 aromatic heterocycles. The maximum absolute atomic E-state index is 6.07. The van der Waals surface area contributed by atoms with Crippen molar-refractivity contribution in [3.05, 3.63) is 29.0 Å². The van der Waals surface area contributed by atoms with E-state index in [9.17, 15) is 0 Å². The second kappa shape index (κ2) is 3.51. The zero-order valence-electron chi connectivity index (χ0n) is 8.26. The van der Waals surface area contributed by atoms with E-state index < -0.39 is 0 Å². The Morgan fingerprint density at radius 3 is 3.07 bits per heavy atom. The molecule has 2 heterocycles. The average Bonchev–Trinajstić information content (AvgIpc) is 2.86. The van der Waals surface area contributed by atoms with Crippen LogP contribution in [0.25, 0.3) is 11.0 Å². The number of fused-ring (bicyclic) bond motifs is 1. The van der Waals surface area contributed by atoms with Gasteiger partial charge in [0.05, 0.1) is 16.6 Å². The Morgan fingerprint density at radius 1 is 1.40 bits per heavy atom. The van der Waals surface area contributed by atoms with Crippen LogP contribution >= 0.6 is 11.6 Å². The molecule has 78 valence electrons. The lowest BCUT2D eigenvalue weighted by atomic mass is 10.2. The SMILES string of the molecule is Clc1cccc2[nH]c(C3CCCN3)nc12. The van der Waals surface area contributed by atoms with Crippen LogP contribution in [0.2, 0.25) is 5.02 Å². The summed E-state index contributed by atoms with van der Waals surface area (Å²) < 4.78 is 0. The Morgan fingerprint density at radius 2 is 2.33 bits per heavy atom. The number of H-pyrrole nitrogens is 1. The predicted molar refractivity (Wildman–Crippen MR) is 61.1 cm³/mol. The number of nitrogens with one attached hydrogen (secondary N) is 2. The van der Waals surface area contributed by atoms with Crippen LogP contribution in [0.3, 0.4) is 0 Å². The van der Waals surface area contributed by atoms with Crippen molar-refractivity contribution in [2.24, 2.45) is 0 Å². The van der Waals surface area contributed by atoms with Crippen molar-refractivity contribution in [2.45, 2.75) is 18.9 Å². The Balaban J connectivity index is 2.09. The molecule has 1 fully saturated rings. The van der Waals surface area contributed by atoms with Crippen molar-refractivity contribution in [3.8, 4) is 0 Å². The average molecular weight is 222 g/mol. The fourth-order valence-corrected chi connectivity index (χ4v) is 2.32. The van der Waals surface area contributed by atoms with Crippen LogP contribution in [-0.4, -0.2) is 16.5 Å². The Labute approximate surface area is 92.8 Å². The second-order valence-electron chi connectivity index (χ2n) is 3.91. The van der Waals surface area contributed by atoms with E-state index in [1.54, 1.807) is 0 Å². The third kappa shape index (κ3) is 1.52. The molecule has 0 bridgehead atoms. The Bertz CT molecular complexity index is 486. The van der Waals surface area contributed by atoms with Crippen molar-refractivity contribution in [2.75, 3.05) is 6.54 Å². The van der Waals surface area contributed by atoms with E-state index in [2.05, 4.69) is 15.3 Å². The molecule has 4 heteroatoms. The highest BCUT2D eigenvalue weighted by atomic mass is 35.5. The van der Waals surface area contributed by atoms with Gasteiger partial charge < -0.3 is 10.3 Å². The van der Waals surface area contributed by atoms with E-state index in [-0.39, 0.29) is 0 Å². The number of aromatic nitrogens is 2. The molecule has 2 aromatic rings. The topological polar surface area (TPSA) is 40.7 Å². The third-order valence-corrected chi connectivity index (χ3v) is 3.18. The van der Waals surface area contributed by atoms with Crippen LogP contribution in [0, 0.1) is 0 Å². The molecule has 15 heavy (non-hydrogen) atoms. The summed E-state index contributed by atoms with van der Waals surface area (Å²) in [5, 5.41) is 4.13. The van der Waals surface area contributed by atoms with Gasteiger partial charge >= 0.3 is 0 Å². The minimum absolute atomic E-state index is 0.369. The number of para-hydroxylation sites is 1. The maximum Gasteiger partial charge on any atom is 0.124 e. The van der Waals surface area contributed by atoms with Crippen molar-refractivity contribution < 1.29 is 0 Å². The summed E-state index contributed by atoms with van der Waals surface area (Å²) in [6.45, 7) is 1.08. The standard InChI is InChI=1S/C11H12ClN3/c12-7-3-1-4-8-10(7)15-11(14-8)9-5-2-6-13-9/h1,3-4,9,13H,2,5-6H2,(H,14,15). The first-order valence-electron chi connectivity index (χ1n) is 5.22. The lowest BCUT2D eigenvalue weighted by Crippen LogP contribution is -2.13. The first-order valence-corrected chi connectivity index (χ1v) is 5.60. The Kier molecular flexibility index (Phi) is 2.15. The lowest BCUT2D eigenvalue weighted by Gasteiger charge is -2.04. The van der Waals surface area contributed by atoms with E-state index >= 15 is 0 Å². The molecule has 1 aliphatic rings. The molecule has 1 aromatic carbocycles. The number of hydrogen-bond donors (Lipinski definition) is 2. The predicted octanol–water partition coefficient (Wildman–Crippen LogP) is 2.64. The highest BCUT2D eigenvalue weighted by Gasteiger charge is 2.19. The van der Waals surface area contributed by atoms with E-state index in [0.717, 1.165) is 29.8 Å². The molecule has 3 rings (SSSR count). The van der Waals surface area contributed by atoms with Crippen molar-refractivity contribution in [1.82, 2.24) is 15.3 Å². The van der Waals surface area contributed by atoms with Crippen LogP contribution in [0.5, 0.6) is 0 Å². The first kappa shape index (κ1) is 9.19. The van der Waals surface area contributed by atoms with Crippen LogP contribution in [-0.2, 0) is 0 Å². The fraction of sp³-hybridized carbons (Fsp3) is 0.364. The van der Waals surface area contributed by atoms with Crippen LogP contribution < -0.4 is 5.32 Å². The van der Waals surface area contributed by atoms with Gasteiger partial charge in [0.1, 0.15) is 11.3 Å². The smallest absolute Gasteiger partial charge is 0.124 e. The van der Waals surface area contributed by atoms with E-state index in [4.69, 9.17) is 11.6 Å². The van der Waals surface area contributed by atoms with Crippen LogP contribution in [0.15, 0.2) is 18.2 Å². The molecule has 3 nitrogen and oxygen atoms in total. The lowest BCUT2D eigenvalue weighted by molar-refractivity contribution is 0.614. The summed E-state index contributed by atoms with van der Waals surface area (Å²) in [6.07, 6.45) is 2.37. The first-order chi connectivity index (χ1) is 7.34. The normalized spacial score (nSPS) is 21.3. The second-order valence-corrected chi connectivity index (χ2v) is 4.31. The van der Waals surface area contributed by atoms with E-state index in [1.807, 2.05) is 18.2 Å². The van der Waals surface area contributed by atoms with Gasteiger partial charge in [-0.15, -0.1) is 0 Å².